The topological polar surface area (TPSA) is 164 Å². The van der Waals surface area contributed by atoms with Gasteiger partial charge in [0.2, 0.25) is 5.91 Å². The number of nitrogens with zero attached hydrogens (tertiary/aromatic N) is 5. The lowest BCUT2D eigenvalue weighted by molar-refractivity contribution is -0.117. The van der Waals surface area contributed by atoms with Crippen LogP contribution in [0.2, 0.25) is 5.02 Å². The Hall–Kier alpha value is -4.75. The first-order valence-electron chi connectivity index (χ1n) is 12.5. The van der Waals surface area contributed by atoms with E-state index in [4.69, 9.17) is 16.3 Å². The first-order valence-corrected chi connectivity index (χ1v) is 12.9. The highest BCUT2D eigenvalue weighted by molar-refractivity contribution is 6.30. The molecule has 206 valence electrons. The maximum absolute atomic E-state index is 13.0. The second kappa shape index (κ2) is 12.4. The number of imidazole rings is 1. The fraction of sp³-hybridized carbons (Fsp3) is 0.231. The van der Waals surface area contributed by atoms with Crippen molar-refractivity contribution >= 4 is 41.1 Å². The Balaban J connectivity index is 1.36. The van der Waals surface area contributed by atoms with Crippen LogP contribution < -0.4 is 21.3 Å². The Morgan fingerprint density at radius 2 is 2.08 bits per heavy atom. The summed E-state index contributed by atoms with van der Waals surface area (Å²) < 4.78 is 6.19. The number of hydrogen-bond acceptors (Lipinski definition) is 9. The number of anilines is 2. The van der Waals surface area contributed by atoms with Crippen molar-refractivity contribution in [2.24, 2.45) is 0 Å². The Bertz CT molecular complexity index is 1520. The van der Waals surface area contributed by atoms with Crippen LogP contribution in [-0.4, -0.2) is 68.9 Å². The van der Waals surface area contributed by atoms with E-state index in [0.717, 1.165) is 16.9 Å². The number of amides is 2. The number of benzene rings is 2. The van der Waals surface area contributed by atoms with Gasteiger partial charge in [-0.15, -0.1) is 5.10 Å². The molecule has 1 atom stereocenters. The number of ether oxygens (including phenoxy) is 1. The summed E-state index contributed by atoms with van der Waals surface area (Å²) in [6.45, 7) is 2.00. The number of tetrazole rings is 1. The van der Waals surface area contributed by atoms with Crippen molar-refractivity contribution in [3.63, 3.8) is 0 Å². The third-order valence-corrected chi connectivity index (χ3v) is 6.45. The minimum atomic E-state index is -0.548. The van der Waals surface area contributed by atoms with Gasteiger partial charge in [0.25, 0.3) is 0 Å². The Morgan fingerprint density at radius 1 is 1.18 bits per heavy atom. The van der Waals surface area contributed by atoms with E-state index >= 15 is 0 Å². The summed E-state index contributed by atoms with van der Waals surface area (Å²) in [6, 6.07) is 10.4. The summed E-state index contributed by atoms with van der Waals surface area (Å²) >= 11 is 6.19. The number of rotatable bonds is 5. The molecule has 2 amide bonds. The average Bonchev–Trinajstić information content (AvgIpc) is 3.66. The lowest BCUT2D eigenvalue weighted by atomic mass is 10.1. The zero-order valence-electron chi connectivity index (χ0n) is 21.5. The van der Waals surface area contributed by atoms with Crippen LogP contribution in [-0.2, 0) is 9.53 Å². The predicted octanol–water partition coefficient (Wildman–Crippen LogP) is 3.16. The van der Waals surface area contributed by atoms with Crippen LogP contribution in [0.5, 0.6) is 0 Å². The largest absolute Gasteiger partial charge is 0.453 e. The van der Waals surface area contributed by atoms with Crippen LogP contribution in [0.1, 0.15) is 23.9 Å². The van der Waals surface area contributed by atoms with Crippen LogP contribution in [0.15, 0.2) is 55.0 Å². The third kappa shape index (κ3) is 6.45. The lowest BCUT2D eigenvalue weighted by Gasteiger charge is -2.18. The van der Waals surface area contributed by atoms with Gasteiger partial charge in [-0.1, -0.05) is 11.6 Å². The molecule has 5 rings (SSSR count). The van der Waals surface area contributed by atoms with E-state index < -0.39 is 6.09 Å². The number of fused-ring (bicyclic) bond motifs is 4. The van der Waals surface area contributed by atoms with Crippen LogP contribution in [0, 0.1) is 0 Å². The first-order chi connectivity index (χ1) is 19.5. The molecule has 0 radical (unpaired) electrons. The number of nitrogens with one attached hydrogen (secondary N) is 5. The van der Waals surface area contributed by atoms with Crippen LogP contribution in [0.3, 0.4) is 0 Å². The minimum absolute atomic E-state index is 0.293. The van der Waals surface area contributed by atoms with Gasteiger partial charge >= 0.3 is 6.09 Å². The van der Waals surface area contributed by atoms with Crippen molar-refractivity contribution < 1.29 is 14.3 Å². The third-order valence-electron chi connectivity index (χ3n) is 6.21. The smallest absolute Gasteiger partial charge is 0.411 e. The van der Waals surface area contributed by atoms with Crippen LogP contribution >= 0.6 is 11.6 Å². The molecule has 0 saturated heterocycles. The van der Waals surface area contributed by atoms with Gasteiger partial charge in [0.1, 0.15) is 12.2 Å². The van der Waals surface area contributed by atoms with Crippen molar-refractivity contribution in [2.75, 3.05) is 37.4 Å². The Labute approximate surface area is 234 Å². The zero-order chi connectivity index (χ0) is 27.9. The molecule has 0 unspecified atom stereocenters. The molecule has 0 saturated carbocycles. The summed E-state index contributed by atoms with van der Waals surface area (Å²) in [7, 11) is 1.31. The van der Waals surface area contributed by atoms with Crippen LogP contribution in [0.25, 0.3) is 23.0 Å². The van der Waals surface area contributed by atoms with E-state index in [2.05, 4.69) is 46.8 Å². The van der Waals surface area contributed by atoms with Gasteiger partial charge in [-0.05, 0) is 65.9 Å². The molecule has 3 heterocycles. The van der Waals surface area contributed by atoms with E-state index in [9.17, 15) is 9.59 Å². The maximum Gasteiger partial charge on any atom is 0.411 e. The van der Waals surface area contributed by atoms with Crippen molar-refractivity contribution in [3.8, 4) is 16.9 Å². The zero-order valence-corrected chi connectivity index (χ0v) is 22.3. The average molecular weight is 563 g/mol. The minimum Gasteiger partial charge on any atom is -0.453 e. The maximum atomic E-state index is 13.0. The van der Waals surface area contributed by atoms with E-state index in [1.54, 1.807) is 36.5 Å². The van der Waals surface area contributed by atoms with Gasteiger partial charge in [-0.3, -0.25) is 10.1 Å². The van der Waals surface area contributed by atoms with Crippen molar-refractivity contribution in [1.82, 2.24) is 40.8 Å². The quantitative estimate of drug-likeness (QED) is 0.230. The molecule has 5 N–H and O–H groups in total. The van der Waals surface area contributed by atoms with Gasteiger partial charge in [0.05, 0.1) is 30.7 Å². The SMILES string of the molecule is COC(=O)Nc1ccc2c(c1)NCCNCC[C@H](NC(=O)C=Cc1cc(Cl)ccc1-n1cnnn1)c1ncc-2[nH]1. The molecule has 0 spiro atoms. The summed E-state index contributed by atoms with van der Waals surface area (Å²) in [5.74, 6) is 0.331. The number of methoxy groups -OCH3 is 1. The number of aromatic amines is 1. The van der Waals surface area contributed by atoms with Gasteiger partial charge < -0.3 is 25.7 Å². The molecule has 2 aromatic carbocycles. The molecule has 40 heavy (non-hydrogen) atoms. The second-order valence-electron chi connectivity index (χ2n) is 8.88. The molecule has 2 bridgehead atoms. The molecule has 0 fully saturated rings. The van der Waals surface area contributed by atoms with Gasteiger partial charge in [0, 0.05) is 46.7 Å². The fourth-order valence-electron chi connectivity index (χ4n) is 4.28. The summed E-state index contributed by atoms with van der Waals surface area (Å²) in [4.78, 5) is 32.6. The Morgan fingerprint density at radius 3 is 2.90 bits per heavy atom. The summed E-state index contributed by atoms with van der Waals surface area (Å²) in [5, 5.41) is 24.3. The first kappa shape index (κ1) is 26.8. The van der Waals surface area contributed by atoms with Crippen LogP contribution in [0.4, 0.5) is 16.2 Å². The second-order valence-corrected chi connectivity index (χ2v) is 9.31. The molecule has 14 heteroatoms. The predicted molar refractivity (Wildman–Crippen MR) is 150 cm³/mol. The summed E-state index contributed by atoms with van der Waals surface area (Å²) in [5.41, 5.74) is 4.42. The highest BCUT2D eigenvalue weighted by Crippen LogP contribution is 2.31. The molecular formula is C26H27ClN10O3. The van der Waals surface area contributed by atoms with Crippen molar-refractivity contribution in [1.29, 1.82) is 0 Å². The number of carbonyl (C=O) groups excluding carboxylic acids is 2. The Kier molecular flexibility index (Phi) is 8.32. The molecule has 13 nitrogen and oxygen atoms in total. The number of H-pyrrole nitrogens is 1. The highest BCUT2D eigenvalue weighted by Gasteiger charge is 2.19. The molecule has 4 aromatic rings. The fourth-order valence-corrected chi connectivity index (χ4v) is 4.46. The number of hydrogen-bond donors (Lipinski definition) is 5. The molecule has 0 aliphatic carbocycles. The van der Waals surface area contributed by atoms with Crippen molar-refractivity contribution in [3.05, 3.63) is 71.4 Å². The monoisotopic (exact) mass is 562 g/mol. The normalized spacial score (nSPS) is 15.3. The number of carbonyl (C=O) groups is 2. The van der Waals surface area contributed by atoms with E-state index in [-0.39, 0.29) is 11.9 Å². The van der Waals surface area contributed by atoms with E-state index in [0.29, 0.717) is 53.8 Å². The van der Waals surface area contributed by atoms with E-state index in [1.165, 1.54) is 24.2 Å². The van der Waals surface area contributed by atoms with E-state index in [1.807, 2.05) is 12.1 Å². The number of aromatic nitrogens is 6. The number of halogens is 1. The van der Waals surface area contributed by atoms with Gasteiger partial charge in [-0.2, -0.15) is 4.68 Å². The van der Waals surface area contributed by atoms with Gasteiger partial charge in [0.15, 0.2) is 0 Å². The molecule has 1 aliphatic heterocycles. The molecule has 1 aliphatic rings. The van der Waals surface area contributed by atoms with Crippen molar-refractivity contribution in [2.45, 2.75) is 12.5 Å². The molecular weight excluding hydrogens is 536 g/mol. The molecule has 2 aromatic heterocycles. The standard InChI is InChI=1S/C26H27ClN10O3/c1-40-26(39)32-18-4-5-19-21(13-18)29-11-10-28-9-8-20(25-30-14-22(19)34-25)33-24(38)7-2-16-12-17(27)3-6-23(16)37-15-31-35-36-37/h2-7,12-15,20,28-29H,8-11H2,1H3,(H,30,34)(H,32,39)(H,33,38)/t20-/m0/s1. The summed E-state index contributed by atoms with van der Waals surface area (Å²) in [6.07, 6.45) is 6.39. The lowest BCUT2D eigenvalue weighted by Crippen LogP contribution is -2.32. The van der Waals surface area contributed by atoms with Gasteiger partial charge in [-0.25, -0.2) is 9.78 Å². The highest BCUT2D eigenvalue weighted by atomic mass is 35.5.